The predicted molar refractivity (Wildman–Crippen MR) is 71.5 cm³/mol. The summed E-state index contributed by atoms with van der Waals surface area (Å²) in [5.74, 6) is 0.819. The van der Waals surface area contributed by atoms with Gasteiger partial charge in [0.05, 0.1) is 18.3 Å². The van der Waals surface area contributed by atoms with Crippen LogP contribution in [0.3, 0.4) is 0 Å². The molecule has 0 N–H and O–H groups in total. The molecule has 0 aliphatic rings. The molecule has 0 saturated carbocycles. The molecule has 3 nitrogen and oxygen atoms in total. The van der Waals surface area contributed by atoms with Crippen molar-refractivity contribution in [1.82, 2.24) is 10.2 Å². The third-order valence-corrected chi connectivity index (χ3v) is 2.88. The fourth-order valence-corrected chi connectivity index (χ4v) is 1.97. The topological polar surface area (TPSA) is 35.0 Å². The highest BCUT2D eigenvalue weighted by Gasteiger charge is 2.06. The van der Waals surface area contributed by atoms with Crippen molar-refractivity contribution in [2.75, 3.05) is 7.11 Å². The molecule has 0 atom stereocenters. The van der Waals surface area contributed by atoms with Gasteiger partial charge < -0.3 is 4.74 Å². The smallest absolute Gasteiger partial charge is 0.128 e. The molecule has 0 radical (unpaired) electrons. The summed E-state index contributed by atoms with van der Waals surface area (Å²) < 4.78 is 5.35. The molecule has 0 spiro atoms. The molecular formula is C15H12N2O. The Bertz CT molecular complexity index is 680. The fourth-order valence-electron chi connectivity index (χ4n) is 1.97. The molecule has 0 fully saturated rings. The summed E-state index contributed by atoms with van der Waals surface area (Å²) in [6.45, 7) is 0. The first-order chi connectivity index (χ1) is 8.88. The molecule has 18 heavy (non-hydrogen) atoms. The first-order valence-electron chi connectivity index (χ1n) is 5.74. The van der Waals surface area contributed by atoms with E-state index in [0.29, 0.717) is 0 Å². The molecule has 0 unspecified atom stereocenters. The van der Waals surface area contributed by atoms with Gasteiger partial charge in [-0.15, -0.1) is 10.2 Å². The van der Waals surface area contributed by atoms with Crippen molar-refractivity contribution in [1.29, 1.82) is 0 Å². The van der Waals surface area contributed by atoms with Gasteiger partial charge in [-0.2, -0.15) is 0 Å². The number of rotatable bonds is 2. The van der Waals surface area contributed by atoms with Gasteiger partial charge in [0.1, 0.15) is 5.75 Å². The number of aromatic nitrogens is 2. The van der Waals surface area contributed by atoms with Crippen LogP contribution >= 0.6 is 0 Å². The second-order valence-electron chi connectivity index (χ2n) is 3.99. The lowest BCUT2D eigenvalue weighted by Gasteiger charge is -2.06. The Balaban J connectivity index is 2.22. The normalized spacial score (nSPS) is 10.5. The van der Waals surface area contributed by atoms with Gasteiger partial charge in [-0.05, 0) is 18.2 Å². The largest absolute Gasteiger partial charge is 0.496 e. The molecule has 88 valence electrons. The molecule has 1 heterocycles. The van der Waals surface area contributed by atoms with E-state index >= 15 is 0 Å². The van der Waals surface area contributed by atoms with E-state index in [0.717, 1.165) is 27.9 Å². The second kappa shape index (κ2) is 4.45. The zero-order valence-electron chi connectivity index (χ0n) is 10.00. The van der Waals surface area contributed by atoms with Gasteiger partial charge in [0.15, 0.2) is 0 Å². The maximum Gasteiger partial charge on any atom is 0.128 e. The molecule has 2 aromatic carbocycles. The van der Waals surface area contributed by atoms with E-state index in [2.05, 4.69) is 10.2 Å². The SMILES string of the molecule is COc1cccc2nnc(-c3ccccc3)cc12. The number of nitrogens with zero attached hydrogens (tertiary/aromatic N) is 2. The average molecular weight is 236 g/mol. The van der Waals surface area contributed by atoms with Crippen molar-refractivity contribution in [3.63, 3.8) is 0 Å². The van der Waals surface area contributed by atoms with Crippen molar-refractivity contribution in [3.8, 4) is 17.0 Å². The van der Waals surface area contributed by atoms with Gasteiger partial charge >= 0.3 is 0 Å². The van der Waals surface area contributed by atoms with E-state index < -0.39 is 0 Å². The van der Waals surface area contributed by atoms with Crippen molar-refractivity contribution in [2.24, 2.45) is 0 Å². The molecule has 3 aromatic rings. The van der Waals surface area contributed by atoms with Crippen LogP contribution in [0.1, 0.15) is 0 Å². The van der Waals surface area contributed by atoms with E-state index in [4.69, 9.17) is 4.74 Å². The molecule has 0 bridgehead atoms. The lowest BCUT2D eigenvalue weighted by molar-refractivity contribution is 0.419. The van der Waals surface area contributed by atoms with E-state index in [1.54, 1.807) is 7.11 Å². The molecule has 1 aromatic heterocycles. The minimum atomic E-state index is 0.819. The summed E-state index contributed by atoms with van der Waals surface area (Å²) in [6, 6.07) is 17.8. The monoisotopic (exact) mass is 236 g/mol. The number of hydrogen-bond acceptors (Lipinski definition) is 3. The minimum absolute atomic E-state index is 0.819. The van der Waals surface area contributed by atoms with Crippen molar-refractivity contribution >= 4 is 10.9 Å². The second-order valence-corrected chi connectivity index (χ2v) is 3.99. The van der Waals surface area contributed by atoms with E-state index in [9.17, 15) is 0 Å². The molecular weight excluding hydrogens is 224 g/mol. The van der Waals surface area contributed by atoms with Gasteiger partial charge in [0, 0.05) is 10.9 Å². The quantitative estimate of drug-likeness (QED) is 0.684. The van der Waals surface area contributed by atoms with Gasteiger partial charge in [0.25, 0.3) is 0 Å². The molecule has 0 amide bonds. The third kappa shape index (κ3) is 1.80. The van der Waals surface area contributed by atoms with Crippen LogP contribution in [0.25, 0.3) is 22.2 Å². The first-order valence-corrected chi connectivity index (χ1v) is 5.74. The van der Waals surface area contributed by atoms with Crippen LogP contribution in [-0.2, 0) is 0 Å². The van der Waals surface area contributed by atoms with Crippen LogP contribution in [-0.4, -0.2) is 17.3 Å². The van der Waals surface area contributed by atoms with Crippen LogP contribution in [0.4, 0.5) is 0 Å². The predicted octanol–water partition coefficient (Wildman–Crippen LogP) is 3.31. The summed E-state index contributed by atoms with van der Waals surface area (Å²) >= 11 is 0. The van der Waals surface area contributed by atoms with E-state index in [-0.39, 0.29) is 0 Å². The Labute approximate surface area is 105 Å². The standard InChI is InChI=1S/C15H12N2O/c1-18-15-9-5-8-13-12(15)10-14(17-16-13)11-6-3-2-4-7-11/h2-10H,1H3. The van der Waals surface area contributed by atoms with Crippen LogP contribution in [0.15, 0.2) is 54.6 Å². The van der Waals surface area contributed by atoms with Crippen LogP contribution in [0.5, 0.6) is 5.75 Å². The van der Waals surface area contributed by atoms with Crippen LogP contribution in [0, 0.1) is 0 Å². The Morgan fingerprint density at radius 2 is 1.72 bits per heavy atom. The number of hydrogen-bond donors (Lipinski definition) is 0. The third-order valence-electron chi connectivity index (χ3n) is 2.88. The number of fused-ring (bicyclic) bond motifs is 1. The van der Waals surface area contributed by atoms with Gasteiger partial charge in [-0.25, -0.2) is 0 Å². The summed E-state index contributed by atoms with van der Waals surface area (Å²) in [5, 5.41) is 9.46. The number of ether oxygens (including phenoxy) is 1. The number of methoxy groups -OCH3 is 1. The minimum Gasteiger partial charge on any atom is -0.496 e. The van der Waals surface area contributed by atoms with Crippen molar-refractivity contribution < 1.29 is 4.74 Å². The summed E-state index contributed by atoms with van der Waals surface area (Å²) in [6.07, 6.45) is 0. The van der Waals surface area contributed by atoms with Crippen LogP contribution in [0.2, 0.25) is 0 Å². The maximum atomic E-state index is 5.35. The average Bonchev–Trinajstić information content (AvgIpc) is 2.47. The van der Waals surface area contributed by atoms with Gasteiger partial charge in [-0.3, -0.25) is 0 Å². The van der Waals surface area contributed by atoms with E-state index in [1.807, 2.05) is 54.6 Å². The van der Waals surface area contributed by atoms with Gasteiger partial charge in [0.2, 0.25) is 0 Å². The molecule has 3 heteroatoms. The molecule has 0 aliphatic carbocycles. The Morgan fingerprint density at radius 3 is 2.50 bits per heavy atom. The highest BCUT2D eigenvalue weighted by Crippen LogP contribution is 2.27. The zero-order valence-corrected chi connectivity index (χ0v) is 10.00. The Morgan fingerprint density at radius 1 is 0.889 bits per heavy atom. The fraction of sp³-hybridized carbons (Fsp3) is 0.0667. The number of benzene rings is 2. The Kier molecular flexibility index (Phi) is 2.65. The maximum absolute atomic E-state index is 5.35. The first kappa shape index (κ1) is 10.7. The van der Waals surface area contributed by atoms with E-state index in [1.165, 1.54) is 0 Å². The van der Waals surface area contributed by atoms with Crippen molar-refractivity contribution in [2.45, 2.75) is 0 Å². The van der Waals surface area contributed by atoms with Crippen molar-refractivity contribution in [3.05, 3.63) is 54.6 Å². The Hall–Kier alpha value is -2.42. The molecule has 3 rings (SSSR count). The van der Waals surface area contributed by atoms with Crippen LogP contribution < -0.4 is 4.74 Å². The highest BCUT2D eigenvalue weighted by molar-refractivity contribution is 5.87. The molecule has 0 saturated heterocycles. The highest BCUT2D eigenvalue weighted by atomic mass is 16.5. The lowest BCUT2D eigenvalue weighted by Crippen LogP contribution is -1.91. The summed E-state index contributed by atoms with van der Waals surface area (Å²) in [7, 11) is 1.66. The zero-order chi connectivity index (χ0) is 12.4. The molecule has 0 aliphatic heterocycles. The summed E-state index contributed by atoms with van der Waals surface area (Å²) in [5.41, 5.74) is 2.75. The summed E-state index contributed by atoms with van der Waals surface area (Å²) in [4.78, 5) is 0. The lowest BCUT2D eigenvalue weighted by atomic mass is 10.1. The van der Waals surface area contributed by atoms with Gasteiger partial charge in [-0.1, -0.05) is 36.4 Å².